The van der Waals surface area contributed by atoms with Crippen molar-refractivity contribution in [2.45, 2.75) is 12.8 Å². The number of alkyl halides is 2. The van der Waals surface area contributed by atoms with Gasteiger partial charge < -0.3 is 5.32 Å². The summed E-state index contributed by atoms with van der Waals surface area (Å²) in [6.45, 7) is -0.0142. The highest BCUT2D eigenvalue weighted by molar-refractivity contribution is 5.78. The lowest BCUT2D eigenvalue weighted by molar-refractivity contribution is -0.131. The Labute approximate surface area is 56.6 Å². The smallest absolute Gasteiger partial charge is 0.315 e. The molecule has 0 saturated carbocycles. The molecule has 0 fully saturated rings. The molecule has 1 N–H and O–H groups in total. The quantitative estimate of drug-likeness (QED) is 0.584. The van der Waals surface area contributed by atoms with Crippen LogP contribution in [0.15, 0.2) is 0 Å². The Morgan fingerprint density at radius 2 is 2.30 bits per heavy atom. The van der Waals surface area contributed by atoms with Crippen molar-refractivity contribution in [3.8, 4) is 6.07 Å². The van der Waals surface area contributed by atoms with Crippen molar-refractivity contribution in [2.24, 2.45) is 0 Å². The summed E-state index contributed by atoms with van der Waals surface area (Å²) in [4.78, 5) is 10.0. The number of nitrogens with one attached hydrogen (secondary N) is 1. The molecule has 0 bridgehead atoms. The molecule has 0 heterocycles. The van der Waals surface area contributed by atoms with Crippen molar-refractivity contribution in [1.82, 2.24) is 5.32 Å². The Hall–Kier alpha value is -1.18. The molecular formula is C5H6F2N2O. The summed E-state index contributed by atoms with van der Waals surface area (Å²) in [7, 11) is 0. The lowest BCUT2D eigenvalue weighted by atomic mass is 10.4. The molecular weight excluding hydrogens is 142 g/mol. The largest absolute Gasteiger partial charge is 0.350 e. The third-order valence-corrected chi connectivity index (χ3v) is 0.734. The highest BCUT2D eigenvalue weighted by Gasteiger charge is 2.12. The summed E-state index contributed by atoms with van der Waals surface area (Å²) in [6.07, 6.45) is -2.93. The van der Waals surface area contributed by atoms with Gasteiger partial charge in [0.25, 0.3) is 5.91 Å². The second-order valence-corrected chi connectivity index (χ2v) is 1.50. The first kappa shape index (κ1) is 8.82. The van der Waals surface area contributed by atoms with E-state index in [0.29, 0.717) is 0 Å². The third-order valence-electron chi connectivity index (χ3n) is 0.734. The van der Waals surface area contributed by atoms with Gasteiger partial charge in [-0.05, 0) is 0 Å². The van der Waals surface area contributed by atoms with Crippen LogP contribution in [0.5, 0.6) is 0 Å². The molecule has 5 heteroatoms. The first-order valence-electron chi connectivity index (χ1n) is 2.61. The number of carbonyl (C=O) groups is 1. The first-order valence-corrected chi connectivity index (χ1v) is 2.61. The normalized spacial score (nSPS) is 9.00. The molecule has 0 aliphatic heterocycles. The van der Waals surface area contributed by atoms with E-state index in [0.717, 1.165) is 0 Å². The van der Waals surface area contributed by atoms with Gasteiger partial charge in [0.2, 0.25) is 0 Å². The molecule has 0 rings (SSSR count). The summed E-state index contributed by atoms with van der Waals surface area (Å²) in [5.74, 6) is -1.32. The van der Waals surface area contributed by atoms with Gasteiger partial charge in [0.15, 0.2) is 0 Å². The number of nitrogens with zero attached hydrogens (tertiary/aromatic N) is 1. The summed E-state index contributed by atoms with van der Waals surface area (Å²) >= 11 is 0. The Bertz CT molecular complexity index is 152. The van der Waals surface area contributed by atoms with Crippen LogP contribution in [-0.4, -0.2) is 18.9 Å². The zero-order valence-electron chi connectivity index (χ0n) is 5.10. The second-order valence-electron chi connectivity index (χ2n) is 1.50. The first-order chi connectivity index (χ1) is 4.68. The zero-order chi connectivity index (χ0) is 7.98. The van der Waals surface area contributed by atoms with Crippen molar-refractivity contribution >= 4 is 5.91 Å². The number of hydrogen-bond acceptors (Lipinski definition) is 2. The minimum atomic E-state index is -2.99. The lowest BCUT2D eigenvalue weighted by Crippen LogP contribution is -2.29. The van der Waals surface area contributed by atoms with E-state index in [9.17, 15) is 13.6 Å². The van der Waals surface area contributed by atoms with Gasteiger partial charge in [-0.15, -0.1) is 0 Å². The van der Waals surface area contributed by atoms with Gasteiger partial charge in [0, 0.05) is 6.54 Å². The van der Waals surface area contributed by atoms with Gasteiger partial charge in [0.05, 0.1) is 12.5 Å². The lowest BCUT2D eigenvalue weighted by Gasteiger charge is -1.98. The van der Waals surface area contributed by atoms with E-state index in [2.05, 4.69) is 0 Å². The van der Waals surface area contributed by atoms with Crippen LogP contribution < -0.4 is 5.32 Å². The predicted molar refractivity (Wildman–Crippen MR) is 29.2 cm³/mol. The van der Waals surface area contributed by atoms with E-state index in [4.69, 9.17) is 5.26 Å². The molecule has 0 unspecified atom stereocenters. The van der Waals surface area contributed by atoms with Crippen LogP contribution in [0, 0.1) is 11.3 Å². The van der Waals surface area contributed by atoms with E-state index in [-0.39, 0.29) is 13.0 Å². The molecule has 0 aliphatic carbocycles. The minimum absolute atomic E-state index is 0.0142. The molecule has 0 spiro atoms. The maximum absolute atomic E-state index is 11.4. The fourth-order valence-electron chi connectivity index (χ4n) is 0.319. The highest BCUT2D eigenvalue weighted by Crippen LogP contribution is 1.89. The van der Waals surface area contributed by atoms with Gasteiger partial charge in [-0.3, -0.25) is 4.79 Å². The third kappa shape index (κ3) is 3.78. The van der Waals surface area contributed by atoms with Gasteiger partial charge in [-0.2, -0.15) is 14.0 Å². The molecule has 0 atom stereocenters. The Morgan fingerprint density at radius 1 is 1.70 bits per heavy atom. The van der Waals surface area contributed by atoms with E-state index < -0.39 is 12.3 Å². The highest BCUT2D eigenvalue weighted by atomic mass is 19.3. The summed E-state index contributed by atoms with van der Waals surface area (Å²) in [6, 6.07) is 1.70. The number of amides is 1. The van der Waals surface area contributed by atoms with Crippen molar-refractivity contribution in [1.29, 1.82) is 5.26 Å². The van der Waals surface area contributed by atoms with Crippen molar-refractivity contribution in [2.75, 3.05) is 6.54 Å². The van der Waals surface area contributed by atoms with Crippen LogP contribution in [0.3, 0.4) is 0 Å². The maximum Gasteiger partial charge on any atom is 0.315 e. The van der Waals surface area contributed by atoms with Crippen LogP contribution in [0.25, 0.3) is 0 Å². The van der Waals surface area contributed by atoms with Crippen LogP contribution in [0.1, 0.15) is 6.42 Å². The molecule has 56 valence electrons. The van der Waals surface area contributed by atoms with Crippen LogP contribution in [0.4, 0.5) is 8.78 Å². The molecule has 0 radical (unpaired) electrons. The predicted octanol–water partition coefficient (Wildman–Crippen LogP) is 0.281. The Balaban J connectivity index is 3.33. The molecule has 0 aromatic heterocycles. The monoisotopic (exact) mass is 148 g/mol. The average Bonchev–Trinajstić information content (AvgIpc) is 1.88. The molecule has 0 aromatic rings. The summed E-state index contributed by atoms with van der Waals surface area (Å²) in [5.41, 5.74) is 0. The number of rotatable bonds is 3. The van der Waals surface area contributed by atoms with Gasteiger partial charge >= 0.3 is 6.43 Å². The van der Waals surface area contributed by atoms with Gasteiger partial charge in [-0.1, -0.05) is 0 Å². The Morgan fingerprint density at radius 3 is 2.70 bits per heavy atom. The molecule has 0 saturated heterocycles. The van der Waals surface area contributed by atoms with Crippen molar-refractivity contribution in [3.63, 3.8) is 0 Å². The molecule has 3 nitrogen and oxygen atoms in total. The fourth-order valence-corrected chi connectivity index (χ4v) is 0.319. The number of nitriles is 1. The number of halogens is 2. The second kappa shape index (κ2) is 4.68. The maximum atomic E-state index is 11.4. The topological polar surface area (TPSA) is 52.9 Å². The van der Waals surface area contributed by atoms with Crippen LogP contribution >= 0.6 is 0 Å². The van der Waals surface area contributed by atoms with Crippen molar-refractivity contribution in [3.05, 3.63) is 0 Å². The van der Waals surface area contributed by atoms with E-state index in [1.54, 1.807) is 6.07 Å². The molecule has 1 amide bonds. The van der Waals surface area contributed by atoms with Gasteiger partial charge in [-0.25, -0.2) is 0 Å². The summed E-state index contributed by atoms with van der Waals surface area (Å²) < 4.78 is 22.7. The minimum Gasteiger partial charge on any atom is -0.350 e. The molecule has 0 aromatic carbocycles. The zero-order valence-corrected chi connectivity index (χ0v) is 5.10. The van der Waals surface area contributed by atoms with E-state index in [1.165, 1.54) is 0 Å². The average molecular weight is 148 g/mol. The van der Waals surface area contributed by atoms with Crippen LogP contribution in [-0.2, 0) is 4.79 Å². The number of hydrogen-bond donors (Lipinski definition) is 1. The molecule has 10 heavy (non-hydrogen) atoms. The van der Waals surface area contributed by atoms with Gasteiger partial charge in [0.1, 0.15) is 0 Å². The van der Waals surface area contributed by atoms with Crippen LogP contribution in [0.2, 0.25) is 0 Å². The van der Waals surface area contributed by atoms with Crippen molar-refractivity contribution < 1.29 is 13.6 Å². The Kier molecular flexibility index (Phi) is 4.12. The summed E-state index contributed by atoms with van der Waals surface area (Å²) in [5, 5.41) is 9.80. The SMILES string of the molecule is N#CCCNC(=O)C(F)F. The van der Waals surface area contributed by atoms with E-state index in [1.807, 2.05) is 5.32 Å². The standard InChI is InChI=1S/C5H6F2N2O/c6-4(7)5(10)9-3-1-2-8/h4H,1,3H2,(H,9,10). The molecule has 0 aliphatic rings. The fraction of sp³-hybridized carbons (Fsp3) is 0.600. The van der Waals surface area contributed by atoms with E-state index >= 15 is 0 Å². The number of carbonyl (C=O) groups excluding carboxylic acids is 1.